The summed E-state index contributed by atoms with van der Waals surface area (Å²) in [5.74, 6) is 2.39. The number of benzene rings is 2. The molecule has 0 saturated carbocycles. The first-order valence-corrected chi connectivity index (χ1v) is 9.76. The summed E-state index contributed by atoms with van der Waals surface area (Å²) < 4.78 is 0. The number of aromatic nitrogens is 2. The van der Waals surface area contributed by atoms with Gasteiger partial charge in [0.05, 0.1) is 0 Å². The fraction of sp³-hybridized carbons (Fsp3) is 0.304. The van der Waals surface area contributed by atoms with Gasteiger partial charge in [0.15, 0.2) is 5.82 Å². The van der Waals surface area contributed by atoms with Crippen LogP contribution >= 0.6 is 0 Å². The van der Waals surface area contributed by atoms with E-state index in [1.54, 1.807) is 0 Å². The first kappa shape index (κ1) is 19.8. The Kier molecular flexibility index (Phi) is 6.98. The Labute approximate surface area is 167 Å². The van der Waals surface area contributed by atoms with E-state index in [0.717, 1.165) is 42.5 Å². The molecule has 0 amide bonds. The van der Waals surface area contributed by atoms with E-state index in [4.69, 9.17) is 9.97 Å². The van der Waals surface area contributed by atoms with Crippen molar-refractivity contribution < 1.29 is 0 Å². The lowest BCUT2D eigenvalue weighted by molar-refractivity contribution is 0.405. The van der Waals surface area contributed by atoms with Crippen LogP contribution in [0.4, 0.5) is 11.6 Å². The number of anilines is 2. The first-order chi connectivity index (χ1) is 13.6. The standard InChI is InChI=1S/C23H29N5/c1-18(19-11-6-4-7-12-19)25-22-17-21(24-15-10-16-28(2)3)26-23(27-22)20-13-8-5-9-14-20/h4-9,11-14,17-18H,10,15-16H2,1-3H3,(H2,24,25,26,27). The predicted molar refractivity (Wildman–Crippen MR) is 118 cm³/mol. The minimum atomic E-state index is 0.154. The van der Waals surface area contributed by atoms with Gasteiger partial charge in [-0.1, -0.05) is 60.7 Å². The molecule has 0 radical (unpaired) electrons. The number of nitrogens with one attached hydrogen (secondary N) is 2. The Bertz CT molecular complexity index is 849. The summed E-state index contributed by atoms with van der Waals surface area (Å²) in [7, 11) is 4.18. The van der Waals surface area contributed by atoms with Crippen LogP contribution in [0, 0.1) is 0 Å². The van der Waals surface area contributed by atoms with Gasteiger partial charge in [0.1, 0.15) is 11.6 Å². The van der Waals surface area contributed by atoms with Crippen molar-refractivity contribution in [3.05, 3.63) is 72.3 Å². The molecule has 5 heteroatoms. The van der Waals surface area contributed by atoms with Crippen LogP contribution in [-0.2, 0) is 0 Å². The van der Waals surface area contributed by atoms with Crippen LogP contribution in [0.2, 0.25) is 0 Å². The van der Waals surface area contributed by atoms with Gasteiger partial charge >= 0.3 is 0 Å². The number of rotatable bonds is 9. The molecule has 1 heterocycles. The van der Waals surface area contributed by atoms with Gasteiger partial charge in [-0.3, -0.25) is 0 Å². The topological polar surface area (TPSA) is 53.1 Å². The molecule has 0 aliphatic carbocycles. The maximum Gasteiger partial charge on any atom is 0.163 e. The summed E-state index contributed by atoms with van der Waals surface area (Å²) >= 11 is 0. The first-order valence-electron chi connectivity index (χ1n) is 9.76. The smallest absolute Gasteiger partial charge is 0.163 e. The Morgan fingerprint density at radius 1 is 0.893 bits per heavy atom. The minimum Gasteiger partial charge on any atom is -0.370 e. The molecular weight excluding hydrogens is 346 g/mol. The quantitative estimate of drug-likeness (QED) is 0.532. The summed E-state index contributed by atoms with van der Waals surface area (Å²) in [6.45, 7) is 4.06. The van der Waals surface area contributed by atoms with Crippen LogP contribution in [0.25, 0.3) is 11.4 Å². The molecule has 3 rings (SSSR count). The zero-order chi connectivity index (χ0) is 19.8. The van der Waals surface area contributed by atoms with Crippen LogP contribution in [-0.4, -0.2) is 42.1 Å². The molecule has 0 saturated heterocycles. The van der Waals surface area contributed by atoms with Crippen LogP contribution in [0.5, 0.6) is 0 Å². The van der Waals surface area contributed by atoms with Crippen molar-refractivity contribution in [2.24, 2.45) is 0 Å². The zero-order valence-electron chi connectivity index (χ0n) is 16.9. The van der Waals surface area contributed by atoms with Crippen molar-refractivity contribution in [2.75, 3.05) is 37.8 Å². The highest BCUT2D eigenvalue weighted by atomic mass is 15.1. The van der Waals surface area contributed by atoms with Gasteiger partial charge in [-0.2, -0.15) is 0 Å². The highest BCUT2D eigenvalue weighted by Gasteiger charge is 2.10. The highest BCUT2D eigenvalue weighted by Crippen LogP contribution is 2.23. The van der Waals surface area contributed by atoms with E-state index in [2.05, 4.69) is 60.8 Å². The van der Waals surface area contributed by atoms with Gasteiger partial charge in [0, 0.05) is 24.2 Å². The predicted octanol–water partition coefficient (Wildman–Crippen LogP) is 4.68. The average molecular weight is 376 g/mol. The summed E-state index contributed by atoms with van der Waals surface area (Å²) in [5.41, 5.74) is 2.23. The summed E-state index contributed by atoms with van der Waals surface area (Å²) in [5, 5.41) is 6.96. The van der Waals surface area contributed by atoms with Crippen molar-refractivity contribution in [1.82, 2.24) is 14.9 Å². The molecule has 5 nitrogen and oxygen atoms in total. The van der Waals surface area contributed by atoms with Gasteiger partial charge in [-0.05, 0) is 39.5 Å². The molecule has 1 aromatic heterocycles. The van der Waals surface area contributed by atoms with Crippen molar-refractivity contribution in [2.45, 2.75) is 19.4 Å². The van der Waals surface area contributed by atoms with E-state index in [1.807, 2.05) is 42.5 Å². The van der Waals surface area contributed by atoms with Gasteiger partial charge in [-0.25, -0.2) is 9.97 Å². The third-order valence-corrected chi connectivity index (χ3v) is 4.51. The fourth-order valence-corrected chi connectivity index (χ4v) is 2.99. The lowest BCUT2D eigenvalue weighted by Crippen LogP contribution is -2.17. The van der Waals surface area contributed by atoms with E-state index in [-0.39, 0.29) is 6.04 Å². The van der Waals surface area contributed by atoms with E-state index in [0.29, 0.717) is 0 Å². The average Bonchev–Trinajstić information content (AvgIpc) is 2.72. The largest absolute Gasteiger partial charge is 0.370 e. The second-order valence-corrected chi connectivity index (χ2v) is 7.19. The number of hydrogen-bond donors (Lipinski definition) is 2. The third kappa shape index (κ3) is 5.79. The van der Waals surface area contributed by atoms with Crippen LogP contribution in [0.1, 0.15) is 24.9 Å². The minimum absolute atomic E-state index is 0.154. The molecule has 0 aliphatic heterocycles. The van der Waals surface area contributed by atoms with Gasteiger partial charge < -0.3 is 15.5 Å². The van der Waals surface area contributed by atoms with Gasteiger partial charge in [0.25, 0.3) is 0 Å². The third-order valence-electron chi connectivity index (χ3n) is 4.51. The van der Waals surface area contributed by atoms with E-state index >= 15 is 0 Å². The van der Waals surface area contributed by atoms with Crippen molar-refractivity contribution in [3.63, 3.8) is 0 Å². The molecule has 28 heavy (non-hydrogen) atoms. The van der Waals surface area contributed by atoms with Crippen LogP contribution in [0.3, 0.4) is 0 Å². The van der Waals surface area contributed by atoms with Crippen molar-refractivity contribution in [3.8, 4) is 11.4 Å². The molecule has 0 spiro atoms. The van der Waals surface area contributed by atoms with Gasteiger partial charge in [-0.15, -0.1) is 0 Å². The molecule has 146 valence electrons. The molecule has 1 unspecified atom stereocenters. The molecule has 1 atom stereocenters. The van der Waals surface area contributed by atoms with Crippen molar-refractivity contribution >= 4 is 11.6 Å². The molecule has 2 aromatic carbocycles. The Morgan fingerprint density at radius 3 is 2.21 bits per heavy atom. The van der Waals surface area contributed by atoms with E-state index < -0.39 is 0 Å². The monoisotopic (exact) mass is 375 g/mol. The van der Waals surface area contributed by atoms with E-state index in [1.165, 1.54) is 5.56 Å². The molecule has 0 fully saturated rings. The second-order valence-electron chi connectivity index (χ2n) is 7.19. The summed E-state index contributed by atoms with van der Waals surface area (Å²) in [6, 6.07) is 22.6. The number of nitrogens with zero attached hydrogens (tertiary/aromatic N) is 3. The Morgan fingerprint density at radius 2 is 1.54 bits per heavy atom. The fourth-order valence-electron chi connectivity index (χ4n) is 2.99. The molecule has 0 bridgehead atoms. The normalized spacial score (nSPS) is 12.0. The highest BCUT2D eigenvalue weighted by molar-refractivity contribution is 5.61. The number of hydrogen-bond acceptors (Lipinski definition) is 5. The Hall–Kier alpha value is -2.92. The van der Waals surface area contributed by atoms with Crippen LogP contribution in [0.15, 0.2) is 66.7 Å². The lowest BCUT2D eigenvalue weighted by Gasteiger charge is -2.17. The molecular formula is C23H29N5. The second kappa shape index (κ2) is 9.85. The van der Waals surface area contributed by atoms with E-state index in [9.17, 15) is 0 Å². The molecule has 2 N–H and O–H groups in total. The molecule has 3 aromatic rings. The van der Waals surface area contributed by atoms with Crippen molar-refractivity contribution in [1.29, 1.82) is 0 Å². The lowest BCUT2D eigenvalue weighted by atomic mass is 10.1. The summed E-state index contributed by atoms with van der Waals surface area (Å²) in [6.07, 6.45) is 1.06. The maximum atomic E-state index is 4.76. The SMILES string of the molecule is CC(Nc1cc(NCCCN(C)C)nc(-c2ccccc2)n1)c1ccccc1. The maximum absolute atomic E-state index is 4.76. The zero-order valence-corrected chi connectivity index (χ0v) is 16.9. The summed E-state index contributed by atoms with van der Waals surface area (Å²) in [4.78, 5) is 11.7. The van der Waals surface area contributed by atoms with Gasteiger partial charge in [0.2, 0.25) is 0 Å². The van der Waals surface area contributed by atoms with Crippen LogP contribution < -0.4 is 10.6 Å². The Balaban J connectivity index is 1.80. The molecule has 0 aliphatic rings.